The molecule has 0 radical (unpaired) electrons. The maximum Gasteiger partial charge on any atom is 0.472 e. The molecule has 0 rings (SSSR count). The number of hydrogen-bond donors (Lipinski definition) is 3. The van der Waals surface area contributed by atoms with Gasteiger partial charge in [0.25, 0.3) is 0 Å². The van der Waals surface area contributed by atoms with E-state index in [-0.39, 0.29) is 19.4 Å². The monoisotopic (exact) mass is 836 g/mol. The molecule has 0 aliphatic heterocycles. The third-order valence-electron chi connectivity index (χ3n) is 8.94. The van der Waals surface area contributed by atoms with Crippen LogP contribution in [-0.4, -0.2) is 59.9 Å². The summed E-state index contributed by atoms with van der Waals surface area (Å²) < 4.78 is 32.7. The van der Waals surface area contributed by atoms with Crippen molar-refractivity contribution < 1.29 is 47.5 Å². The van der Waals surface area contributed by atoms with Gasteiger partial charge in [-0.05, 0) is 83.5 Å². The number of ether oxygens (including phenoxy) is 2. The van der Waals surface area contributed by atoms with E-state index in [1.807, 2.05) is 0 Å². The number of nitrogens with two attached hydrogens (primary N) is 1. The summed E-state index contributed by atoms with van der Waals surface area (Å²) in [5, 5.41) is 8.89. The van der Waals surface area contributed by atoms with Crippen LogP contribution in [0.25, 0.3) is 0 Å². The highest BCUT2D eigenvalue weighted by molar-refractivity contribution is 7.47. The highest BCUT2D eigenvalue weighted by atomic mass is 31.2. The molecule has 0 saturated heterocycles. The second-order valence-corrected chi connectivity index (χ2v) is 15.9. The van der Waals surface area contributed by atoms with Gasteiger partial charge in [-0.2, -0.15) is 0 Å². The van der Waals surface area contributed by atoms with Crippen LogP contribution >= 0.6 is 7.82 Å². The molecule has 3 atom stereocenters. The van der Waals surface area contributed by atoms with Gasteiger partial charge in [0.15, 0.2) is 6.10 Å². The van der Waals surface area contributed by atoms with E-state index in [2.05, 4.69) is 91.3 Å². The molecule has 1 unspecified atom stereocenters. The molecule has 11 nitrogen and oxygen atoms in total. The number of rotatable bonds is 40. The minimum absolute atomic E-state index is 0.117. The zero-order valence-electron chi connectivity index (χ0n) is 35.9. The fraction of sp³-hybridized carbons (Fsp3) is 0.674. The number of allylic oxidation sites excluding steroid dienone is 12. The van der Waals surface area contributed by atoms with Crippen molar-refractivity contribution in [1.29, 1.82) is 0 Å². The van der Waals surface area contributed by atoms with Crippen molar-refractivity contribution in [3.05, 3.63) is 72.9 Å². The highest BCUT2D eigenvalue weighted by Gasteiger charge is 2.28. The highest BCUT2D eigenvalue weighted by Crippen LogP contribution is 2.43. The molecule has 0 bridgehead atoms. The fourth-order valence-corrected chi connectivity index (χ4v) is 6.27. The lowest BCUT2D eigenvalue weighted by Crippen LogP contribution is -2.34. The maximum absolute atomic E-state index is 12.6. The van der Waals surface area contributed by atoms with Crippen LogP contribution in [0.3, 0.4) is 0 Å². The Morgan fingerprint density at radius 3 is 1.48 bits per heavy atom. The molecule has 0 aromatic carbocycles. The summed E-state index contributed by atoms with van der Waals surface area (Å²) in [7, 11) is -4.73. The minimum Gasteiger partial charge on any atom is -0.480 e. The number of carbonyl (C=O) groups is 3. The van der Waals surface area contributed by atoms with Crippen LogP contribution in [0, 0.1) is 0 Å². The Morgan fingerprint density at radius 2 is 0.966 bits per heavy atom. The van der Waals surface area contributed by atoms with Crippen LogP contribution in [-0.2, 0) is 37.5 Å². The van der Waals surface area contributed by atoms with Crippen LogP contribution in [0.1, 0.15) is 168 Å². The van der Waals surface area contributed by atoms with E-state index < -0.39 is 51.1 Å². The molecule has 0 spiro atoms. The zero-order chi connectivity index (χ0) is 42.8. The molecule has 0 heterocycles. The van der Waals surface area contributed by atoms with Crippen molar-refractivity contribution in [3.8, 4) is 0 Å². The van der Waals surface area contributed by atoms with Crippen molar-refractivity contribution in [1.82, 2.24) is 0 Å². The number of phosphoric ester groups is 1. The Labute approximate surface area is 350 Å². The molecular weight excluding hydrogens is 757 g/mol. The predicted octanol–water partition coefficient (Wildman–Crippen LogP) is 11.7. The van der Waals surface area contributed by atoms with E-state index in [4.69, 9.17) is 24.8 Å². The molecule has 332 valence electrons. The molecule has 0 amide bonds. The van der Waals surface area contributed by atoms with Gasteiger partial charge in [0.05, 0.1) is 13.2 Å². The second-order valence-electron chi connectivity index (χ2n) is 14.4. The Kier molecular flexibility index (Phi) is 38.5. The molecule has 0 aliphatic carbocycles. The van der Waals surface area contributed by atoms with Crippen LogP contribution < -0.4 is 5.73 Å². The van der Waals surface area contributed by atoms with Crippen molar-refractivity contribution >= 4 is 25.7 Å². The quantitative estimate of drug-likeness (QED) is 0.0232. The average molecular weight is 836 g/mol. The first-order chi connectivity index (χ1) is 28.1. The molecule has 0 fully saturated rings. The lowest BCUT2D eigenvalue weighted by atomic mass is 10.1. The minimum atomic E-state index is -4.73. The van der Waals surface area contributed by atoms with E-state index in [9.17, 15) is 23.8 Å². The fourth-order valence-electron chi connectivity index (χ4n) is 5.50. The smallest absolute Gasteiger partial charge is 0.472 e. The van der Waals surface area contributed by atoms with Crippen LogP contribution in [0.2, 0.25) is 0 Å². The van der Waals surface area contributed by atoms with Gasteiger partial charge in [-0.1, -0.05) is 145 Å². The molecule has 0 saturated carbocycles. The third kappa shape index (κ3) is 39.7. The number of carbonyl (C=O) groups excluding carboxylic acids is 2. The van der Waals surface area contributed by atoms with E-state index in [0.29, 0.717) is 12.8 Å². The summed E-state index contributed by atoms with van der Waals surface area (Å²) >= 11 is 0. The molecular formula is C46H78NO10P. The third-order valence-corrected chi connectivity index (χ3v) is 9.89. The van der Waals surface area contributed by atoms with Crippen molar-refractivity contribution in [3.63, 3.8) is 0 Å². The zero-order valence-corrected chi connectivity index (χ0v) is 36.8. The number of phosphoric acid groups is 1. The van der Waals surface area contributed by atoms with Crippen molar-refractivity contribution in [2.45, 2.75) is 180 Å². The normalized spacial score (nSPS) is 14.4. The first-order valence-corrected chi connectivity index (χ1v) is 23.5. The molecule has 0 aliphatic rings. The van der Waals surface area contributed by atoms with Gasteiger partial charge in [0.1, 0.15) is 12.6 Å². The van der Waals surface area contributed by atoms with Gasteiger partial charge in [0.2, 0.25) is 0 Å². The summed E-state index contributed by atoms with van der Waals surface area (Å²) in [4.78, 5) is 46.0. The molecule has 4 N–H and O–H groups in total. The Hall–Kier alpha value is -3.08. The Morgan fingerprint density at radius 1 is 0.552 bits per heavy atom. The number of carboxylic acids is 1. The summed E-state index contributed by atoms with van der Waals surface area (Å²) in [6, 6.07) is -1.53. The molecule has 0 aromatic rings. The number of aliphatic carboxylic acids is 1. The standard InChI is InChI=1S/C46H78NO10P/c1-3-5-7-9-11-13-15-17-19-20-21-22-24-26-28-30-32-34-36-38-45(49)57-42(40-55-58(52,53)56-41-43(47)46(50)51)39-54-44(48)37-35-33-31-29-27-25-23-18-16-14-12-10-8-6-4-2/h5,7,11,13,17-19,21-23,26,28,42-43H,3-4,6,8-10,12,14-16,20,24-25,27,29-41,47H2,1-2H3,(H,50,51)(H,52,53)/b7-5+,13-11+,19-17+,22-21+,23-18+,28-26+/t42-,43+/m1/s1. The van der Waals surface area contributed by atoms with Gasteiger partial charge in [-0.3, -0.25) is 23.4 Å². The van der Waals surface area contributed by atoms with Gasteiger partial charge >= 0.3 is 25.7 Å². The molecule has 0 aromatic heterocycles. The SMILES string of the molecule is CC/C=C/C/C=C/C/C=C/C/C=C/C/C=C/CCCCCC(=O)O[C@H](COC(=O)CCCCCCC/C=C/CCCCCCCC)COP(=O)(O)OC[C@H](N)C(=O)O. The van der Waals surface area contributed by atoms with Gasteiger partial charge in [-0.15, -0.1) is 0 Å². The first-order valence-electron chi connectivity index (χ1n) is 22.0. The molecule has 12 heteroatoms. The van der Waals surface area contributed by atoms with Crippen molar-refractivity contribution in [2.24, 2.45) is 5.73 Å². The lowest BCUT2D eigenvalue weighted by molar-refractivity contribution is -0.161. The van der Waals surface area contributed by atoms with Gasteiger partial charge < -0.3 is 25.2 Å². The van der Waals surface area contributed by atoms with Crippen LogP contribution in [0.5, 0.6) is 0 Å². The van der Waals surface area contributed by atoms with Gasteiger partial charge in [-0.25, -0.2) is 4.57 Å². The number of unbranched alkanes of at least 4 members (excludes halogenated alkanes) is 14. The first kappa shape index (κ1) is 54.9. The molecule has 58 heavy (non-hydrogen) atoms. The average Bonchev–Trinajstić information content (AvgIpc) is 3.20. The lowest BCUT2D eigenvalue weighted by Gasteiger charge is -2.20. The van der Waals surface area contributed by atoms with Crippen molar-refractivity contribution in [2.75, 3.05) is 19.8 Å². The van der Waals surface area contributed by atoms with E-state index in [1.54, 1.807) is 0 Å². The Balaban J connectivity index is 4.46. The van der Waals surface area contributed by atoms with E-state index in [0.717, 1.165) is 89.9 Å². The number of carboxylic acid groups (broad SMARTS) is 1. The summed E-state index contributed by atoms with van der Waals surface area (Å²) in [5.74, 6) is -2.44. The summed E-state index contributed by atoms with van der Waals surface area (Å²) in [6.07, 6.45) is 48.2. The largest absolute Gasteiger partial charge is 0.480 e. The van der Waals surface area contributed by atoms with E-state index >= 15 is 0 Å². The van der Waals surface area contributed by atoms with Gasteiger partial charge in [0, 0.05) is 12.8 Å². The van der Waals surface area contributed by atoms with Crippen LogP contribution in [0.4, 0.5) is 0 Å². The van der Waals surface area contributed by atoms with Crippen LogP contribution in [0.15, 0.2) is 72.9 Å². The Bertz CT molecular complexity index is 1260. The predicted molar refractivity (Wildman–Crippen MR) is 235 cm³/mol. The number of esters is 2. The summed E-state index contributed by atoms with van der Waals surface area (Å²) in [5.41, 5.74) is 5.33. The van der Waals surface area contributed by atoms with E-state index in [1.165, 1.54) is 38.5 Å². The summed E-state index contributed by atoms with van der Waals surface area (Å²) in [6.45, 7) is 2.63. The maximum atomic E-state index is 12.6. The second kappa shape index (κ2) is 40.7. The topological polar surface area (TPSA) is 172 Å². The number of hydrogen-bond acceptors (Lipinski definition) is 9.